The summed E-state index contributed by atoms with van der Waals surface area (Å²) in [6.07, 6.45) is 0.752. The van der Waals surface area contributed by atoms with Gasteiger partial charge in [0.05, 0.1) is 4.90 Å². The average molecular weight is 354 g/mol. The Hall–Kier alpha value is -1.97. The molecule has 4 N–H and O–H groups in total. The normalized spacial score (nSPS) is 18.5. The fourth-order valence-electron chi connectivity index (χ4n) is 2.43. The van der Waals surface area contributed by atoms with Gasteiger partial charge in [-0.15, -0.1) is 0 Å². The van der Waals surface area contributed by atoms with Gasteiger partial charge in [-0.2, -0.15) is 0 Å². The quantitative estimate of drug-likeness (QED) is 0.649. The second-order valence-corrected chi connectivity index (χ2v) is 7.48. The first-order valence-electron chi connectivity index (χ1n) is 7.68. The minimum absolute atomic E-state index is 0.0493. The van der Waals surface area contributed by atoms with E-state index >= 15 is 0 Å². The van der Waals surface area contributed by atoms with Crippen molar-refractivity contribution in [2.24, 2.45) is 11.7 Å². The van der Waals surface area contributed by atoms with Gasteiger partial charge in [0.15, 0.2) is 0 Å². The van der Waals surface area contributed by atoms with E-state index in [1.807, 2.05) is 0 Å². The van der Waals surface area contributed by atoms with Crippen LogP contribution in [0.3, 0.4) is 0 Å². The minimum Gasteiger partial charge on any atom is -0.346 e. The molecular weight excluding hydrogens is 332 g/mol. The van der Waals surface area contributed by atoms with Crippen LogP contribution in [0, 0.1) is 5.92 Å². The lowest BCUT2D eigenvalue weighted by Gasteiger charge is -2.27. The summed E-state index contributed by atoms with van der Waals surface area (Å²) in [6.45, 7) is 0.866. The third kappa shape index (κ3) is 4.53. The first-order chi connectivity index (χ1) is 11.3. The van der Waals surface area contributed by atoms with Crippen LogP contribution in [0.2, 0.25) is 0 Å². The highest BCUT2D eigenvalue weighted by atomic mass is 32.2. The molecule has 1 aromatic rings. The Morgan fingerprint density at radius 3 is 2.83 bits per heavy atom. The summed E-state index contributed by atoms with van der Waals surface area (Å²) in [4.78, 5) is 25.6. The zero-order valence-electron chi connectivity index (χ0n) is 13.5. The summed E-state index contributed by atoms with van der Waals surface area (Å²) >= 11 is 0. The van der Waals surface area contributed by atoms with E-state index in [0.717, 1.165) is 0 Å². The molecule has 1 aromatic carbocycles. The third-order valence-electron chi connectivity index (χ3n) is 3.88. The largest absolute Gasteiger partial charge is 0.346 e. The molecule has 1 aliphatic heterocycles. The third-order valence-corrected chi connectivity index (χ3v) is 5.34. The van der Waals surface area contributed by atoms with Crippen LogP contribution in [0.4, 0.5) is 5.69 Å². The van der Waals surface area contributed by atoms with Gasteiger partial charge in [-0.1, -0.05) is 6.07 Å². The highest BCUT2D eigenvalue weighted by Gasteiger charge is 2.28. The number of amides is 2. The van der Waals surface area contributed by atoms with Crippen LogP contribution >= 0.6 is 0 Å². The molecule has 2 rings (SSSR count). The molecule has 24 heavy (non-hydrogen) atoms. The molecule has 1 fully saturated rings. The molecule has 1 aliphatic rings. The van der Waals surface area contributed by atoms with Crippen molar-refractivity contribution in [3.63, 3.8) is 0 Å². The summed E-state index contributed by atoms with van der Waals surface area (Å²) in [5.41, 5.74) is 5.68. The molecule has 0 radical (unpaired) electrons. The molecule has 0 aromatic heterocycles. The second-order valence-electron chi connectivity index (χ2n) is 5.71. The molecule has 0 aliphatic carbocycles. The molecule has 1 saturated heterocycles. The number of nitrogens with zero attached hydrogens (tertiary/aromatic N) is 1. The highest BCUT2D eigenvalue weighted by molar-refractivity contribution is 7.89. The fraction of sp³-hybridized carbons (Fsp3) is 0.467. The number of nitrogens with one attached hydrogen (secondary N) is 2. The van der Waals surface area contributed by atoms with Crippen molar-refractivity contribution in [3.05, 3.63) is 24.3 Å². The first kappa shape index (κ1) is 18.4. The van der Waals surface area contributed by atoms with Crippen LogP contribution in [0.15, 0.2) is 29.2 Å². The number of carbonyl (C=O) groups excluding carboxylic acids is 2. The number of likely N-dealkylation sites (tertiary alicyclic amines) is 1. The second kappa shape index (κ2) is 7.73. The molecule has 0 spiro atoms. The Morgan fingerprint density at radius 2 is 2.17 bits per heavy atom. The molecule has 8 nitrogen and oxygen atoms in total. The average Bonchev–Trinajstić information content (AvgIpc) is 2.55. The molecule has 0 bridgehead atoms. The summed E-state index contributed by atoms with van der Waals surface area (Å²) in [7, 11) is -1.96. The van der Waals surface area contributed by atoms with Gasteiger partial charge in [0.1, 0.15) is 0 Å². The first-order valence-corrected chi connectivity index (χ1v) is 9.16. The van der Waals surface area contributed by atoms with Gasteiger partial charge in [-0.05, 0) is 24.6 Å². The van der Waals surface area contributed by atoms with E-state index in [-0.39, 0.29) is 36.2 Å². The number of hydrogen-bond donors (Lipinski definition) is 3. The van der Waals surface area contributed by atoms with Crippen LogP contribution in [0.25, 0.3) is 0 Å². The van der Waals surface area contributed by atoms with Gasteiger partial charge in [0, 0.05) is 44.7 Å². The van der Waals surface area contributed by atoms with Crippen molar-refractivity contribution in [2.45, 2.75) is 17.7 Å². The van der Waals surface area contributed by atoms with E-state index in [0.29, 0.717) is 18.7 Å². The molecule has 1 atom stereocenters. The van der Waals surface area contributed by atoms with Gasteiger partial charge < -0.3 is 16.0 Å². The van der Waals surface area contributed by atoms with Crippen molar-refractivity contribution in [2.75, 3.05) is 32.0 Å². The predicted octanol–water partition coefficient (Wildman–Crippen LogP) is -0.269. The number of anilines is 1. The van der Waals surface area contributed by atoms with E-state index in [1.165, 1.54) is 12.1 Å². The van der Waals surface area contributed by atoms with Gasteiger partial charge in [-0.25, -0.2) is 13.1 Å². The molecule has 2 amide bonds. The van der Waals surface area contributed by atoms with Crippen LogP contribution in [0.5, 0.6) is 0 Å². The van der Waals surface area contributed by atoms with Crippen LogP contribution in [-0.2, 0) is 19.6 Å². The standard InChI is InChI=1S/C15H22N4O4S/c1-19-8-5-11(9-14(19)20)15(21)18-12-3-2-4-13(10-12)24(22,23)17-7-6-16/h2-4,10-11,17H,5-9,16H2,1H3,(H,18,21). The van der Waals surface area contributed by atoms with Gasteiger partial charge >= 0.3 is 0 Å². The van der Waals surface area contributed by atoms with Gasteiger partial charge in [0.2, 0.25) is 21.8 Å². The predicted molar refractivity (Wildman–Crippen MR) is 89.7 cm³/mol. The molecule has 1 heterocycles. The van der Waals surface area contributed by atoms with E-state index < -0.39 is 15.9 Å². The summed E-state index contributed by atoms with van der Waals surface area (Å²) < 4.78 is 26.5. The lowest BCUT2D eigenvalue weighted by molar-refractivity contribution is -0.137. The van der Waals surface area contributed by atoms with E-state index in [4.69, 9.17) is 5.73 Å². The van der Waals surface area contributed by atoms with Crippen LogP contribution in [-0.4, -0.2) is 51.8 Å². The molecule has 0 saturated carbocycles. The molecule has 132 valence electrons. The zero-order chi connectivity index (χ0) is 17.7. The molecular formula is C15H22N4O4S. The summed E-state index contributed by atoms with van der Waals surface area (Å²) in [6, 6.07) is 5.98. The van der Waals surface area contributed by atoms with Crippen LogP contribution < -0.4 is 15.8 Å². The van der Waals surface area contributed by atoms with Crippen molar-refractivity contribution < 1.29 is 18.0 Å². The number of piperidine rings is 1. The highest BCUT2D eigenvalue weighted by Crippen LogP contribution is 2.21. The van der Waals surface area contributed by atoms with Crippen molar-refractivity contribution >= 4 is 27.5 Å². The smallest absolute Gasteiger partial charge is 0.240 e. The maximum Gasteiger partial charge on any atom is 0.240 e. The Morgan fingerprint density at radius 1 is 1.42 bits per heavy atom. The van der Waals surface area contributed by atoms with Crippen molar-refractivity contribution in [3.8, 4) is 0 Å². The van der Waals surface area contributed by atoms with E-state index in [9.17, 15) is 18.0 Å². The number of rotatable bonds is 6. The number of sulfonamides is 1. The van der Waals surface area contributed by atoms with E-state index in [1.54, 1.807) is 24.1 Å². The topological polar surface area (TPSA) is 122 Å². The van der Waals surface area contributed by atoms with E-state index in [2.05, 4.69) is 10.0 Å². The minimum atomic E-state index is -3.66. The zero-order valence-corrected chi connectivity index (χ0v) is 14.3. The van der Waals surface area contributed by atoms with Crippen LogP contribution in [0.1, 0.15) is 12.8 Å². The Labute approximate surface area is 141 Å². The Kier molecular flexibility index (Phi) is 5.92. The maximum atomic E-state index is 12.3. The van der Waals surface area contributed by atoms with Gasteiger partial charge in [0.25, 0.3) is 0 Å². The Bertz CT molecular complexity index is 720. The van der Waals surface area contributed by atoms with Crippen molar-refractivity contribution in [1.29, 1.82) is 0 Å². The number of benzene rings is 1. The lowest BCUT2D eigenvalue weighted by atomic mass is 9.95. The molecule has 1 unspecified atom stereocenters. The summed E-state index contributed by atoms with van der Waals surface area (Å²) in [5, 5.41) is 2.69. The summed E-state index contributed by atoms with van der Waals surface area (Å²) in [5.74, 6) is -0.742. The maximum absolute atomic E-state index is 12.3. The fourth-order valence-corrected chi connectivity index (χ4v) is 3.52. The molecule has 9 heteroatoms. The lowest BCUT2D eigenvalue weighted by Crippen LogP contribution is -2.39. The Balaban J connectivity index is 2.07. The monoisotopic (exact) mass is 354 g/mol. The SMILES string of the molecule is CN1CCC(C(=O)Nc2cccc(S(=O)(=O)NCCN)c2)CC1=O. The number of nitrogens with two attached hydrogens (primary N) is 1. The number of carbonyl (C=O) groups is 2. The van der Waals surface area contributed by atoms with Gasteiger partial charge in [-0.3, -0.25) is 9.59 Å². The number of hydrogen-bond acceptors (Lipinski definition) is 5. The van der Waals surface area contributed by atoms with Crippen molar-refractivity contribution in [1.82, 2.24) is 9.62 Å².